The fourth-order valence-corrected chi connectivity index (χ4v) is 5.22. The van der Waals surface area contributed by atoms with Gasteiger partial charge in [0, 0.05) is 32.6 Å². The number of amides is 3. The maximum atomic E-state index is 13.3. The Morgan fingerprint density at radius 3 is 2.33 bits per heavy atom. The quantitative estimate of drug-likeness (QED) is 0.812. The summed E-state index contributed by atoms with van der Waals surface area (Å²) in [6.07, 6.45) is 0.653. The molecule has 1 N–H and O–H groups in total. The van der Waals surface area contributed by atoms with Crippen LogP contribution in [0.4, 0.5) is 9.18 Å². The summed E-state index contributed by atoms with van der Waals surface area (Å²) in [6.45, 7) is 1.06. The van der Waals surface area contributed by atoms with Crippen LogP contribution in [-0.2, 0) is 14.6 Å². The number of rotatable bonds is 2. The Balaban J connectivity index is 1.82. The molecule has 2 aliphatic heterocycles. The third kappa shape index (κ3) is 4.40. The van der Waals surface area contributed by atoms with E-state index in [0.29, 0.717) is 32.5 Å². The van der Waals surface area contributed by atoms with Gasteiger partial charge in [-0.05, 0) is 30.5 Å². The lowest BCUT2D eigenvalue weighted by molar-refractivity contribution is -0.140. The highest BCUT2D eigenvalue weighted by Crippen LogP contribution is 2.30. The minimum absolute atomic E-state index is 0.0306. The normalized spacial score (nSPS) is 23.1. The maximum Gasteiger partial charge on any atom is 0.317 e. The number of piperazine rings is 1. The van der Waals surface area contributed by atoms with Crippen molar-refractivity contribution in [3.8, 4) is 0 Å². The van der Waals surface area contributed by atoms with Crippen LogP contribution in [0.15, 0.2) is 24.3 Å². The summed E-state index contributed by atoms with van der Waals surface area (Å²) in [5.41, 5.74) is 0.752. The molecule has 0 radical (unpaired) electrons. The highest BCUT2D eigenvalue weighted by Gasteiger charge is 2.38. The molecule has 0 aromatic heterocycles. The fourth-order valence-electron chi connectivity index (χ4n) is 3.73. The van der Waals surface area contributed by atoms with Gasteiger partial charge in [0.2, 0.25) is 5.91 Å². The lowest BCUT2D eigenvalue weighted by atomic mass is 9.96. The summed E-state index contributed by atoms with van der Waals surface area (Å²) in [5.74, 6) is -0.724. The molecule has 3 rings (SSSR count). The summed E-state index contributed by atoms with van der Waals surface area (Å²) in [5, 5.41) is 2.59. The van der Waals surface area contributed by atoms with Crippen molar-refractivity contribution < 1.29 is 22.4 Å². The molecule has 27 heavy (non-hydrogen) atoms. The number of carbonyl (C=O) groups is 2. The molecule has 0 aliphatic carbocycles. The number of sulfone groups is 1. The van der Waals surface area contributed by atoms with Crippen LogP contribution in [0.1, 0.15) is 24.4 Å². The third-order valence-electron chi connectivity index (χ3n) is 5.32. The van der Waals surface area contributed by atoms with Crippen molar-refractivity contribution in [2.24, 2.45) is 5.92 Å². The Kier molecular flexibility index (Phi) is 5.69. The molecule has 2 heterocycles. The van der Waals surface area contributed by atoms with Crippen molar-refractivity contribution in [3.05, 3.63) is 35.6 Å². The van der Waals surface area contributed by atoms with Crippen LogP contribution in [0.3, 0.4) is 0 Å². The van der Waals surface area contributed by atoms with Crippen molar-refractivity contribution in [2.75, 3.05) is 38.2 Å². The Morgan fingerprint density at radius 1 is 1.11 bits per heavy atom. The minimum Gasteiger partial charge on any atom is -0.341 e. The lowest BCUT2D eigenvalue weighted by Gasteiger charge is -2.43. The summed E-state index contributed by atoms with van der Waals surface area (Å²) in [7, 11) is -1.50. The van der Waals surface area contributed by atoms with E-state index in [0.717, 1.165) is 5.56 Å². The third-order valence-corrected chi connectivity index (χ3v) is 7.04. The second-order valence-corrected chi connectivity index (χ2v) is 9.33. The summed E-state index contributed by atoms with van der Waals surface area (Å²) < 4.78 is 36.6. The van der Waals surface area contributed by atoms with E-state index in [4.69, 9.17) is 0 Å². The van der Waals surface area contributed by atoms with Gasteiger partial charge < -0.3 is 15.1 Å². The van der Waals surface area contributed by atoms with Crippen molar-refractivity contribution in [1.29, 1.82) is 0 Å². The predicted molar refractivity (Wildman–Crippen MR) is 98.3 cm³/mol. The number of halogens is 1. The molecule has 2 fully saturated rings. The molecule has 3 amide bonds. The SMILES string of the molecule is CNC(=O)N1CCN(C(=O)C2CCS(=O)(=O)CC2)C(c2ccc(F)cc2)C1. The Labute approximate surface area is 158 Å². The zero-order chi connectivity index (χ0) is 19.6. The fraction of sp³-hybridized carbons (Fsp3) is 0.556. The molecular formula is C18H24FN3O4S. The first-order valence-electron chi connectivity index (χ1n) is 9.04. The second kappa shape index (κ2) is 7.84. The molecule has 148 valence electrons. The van der Waals surface area contributed by atoms with Crippen LogP contribution in [0.25, 0.3) is 0 Å². The zero-order valence-electron chi connectivity index (χ0n) is 15.2. The van der Waals surface area contributed by atoms with Gasteiger partial charge in [-0.25, -0.2) is 17.6 Å². The monoisotopic (exact) mass is 397 g/mol. The number of nitrogens with zero attached hydrogens (tertiary/aromatic N) is 2. The van der Waals surface area contributed by atoms with Gasteiger partial charge in [0.25, 0.3) is 0 Å². The van der Waals surface area contributed by atoms with Crippen LogP contribution in [0.2, 0.25) is 0 Å². The van der Waals surface area contributed by atoms with E-state index in [2.05, 4.69) is 5.32 Å². The summed E-state index contributed by atoms with van der Waals surface area (Å²) in [4.78, 5) is 28.5. The molecule has 0 saturated carbocycles. The smallest absolute Gasteiger partial charge is 0.317 e. The summed E-state index contributed by atoms with van der Waals surface area (Å²) in [6, 6.07) is 5.31. The van der Waals surface area contributed by atoms with Crippen molar-refractivity contribution >= 4 is 21.8 Å². The number of hydrogen-bond acceptors (Lipinski definition) is 4. The van der Waals surface area contributed by atoms with Crippen LogP contribution in [0, 0.1) is 11.7 Å². The number of hydrogen-bond donors (Lipinski definition) is 1. The van der Waals surface area contributed by atoms with E-state index in [1.165, 1.54) is 12.1 Å². The number of urea groups is 1. The van der Waals surface area contributed by atoms with E-state index in [1.54, 1.807) is 29.0 Å². The maximum absolute atomic E-state index is 13.3. The number of nitrogens with one attached hydrogen (secondary N) is 1. The predicted octanol–water partition coefficient (Wildman–Crippen LogP) is 1.18. The molecule has 2 aliphatic rings. The van der Waals surface area contributed by atoms with Gasteiger partial charge in [-0.2, -0.15) is 0 Å². The molecule has 0 bridgehead atoms. The van der Waals surface area contributed by atoms with E-state index in [-0.39, 0.29) is 41.2 Å². The topological polar surface area (TPSA) is 86.8 Å². The highest BCUT2D eigenvalue weighted by atomic mass is 32.2. The molecule has 1 unspecified atom stereocenters. The standard InChI is InChI=1S/C18H24FN3O4S/c1-20-18(24)21-8-9-22(16(12-21)13-2-4-15(19)5-3-13)17(23)14-6-10-27(25,26)11-7-14/h2-5,14,16H,6-12H2,1H3,(H,20,24). The number of carbonyl (C=O) groups excluding carboxylic acids is 2. The molecule has 0 spiro atoms. The van der Waals surface area contributed by atoms with Gasteiger partial charge in [-0.3, -0.25) is 4.79 Å². The van der Waals surface area contributed by atoms with Crippen LogP contribution < -0.4 is 5.32 Å². The minimum atomic E-state index is -3.05. The summed E-state index contributed by atoms with van der Waals surface area (Å²) >= 11 is 0. The largest absolute Gasteiger partial charge is 0.341 e. The van der Waals surface area contributed by atoms with E-state index in [1.807, 2.05) is 0 Å². The average molecular weight is 397 g/mol. The molecule has 9 heteroatoms. The van der Waals surface area contributed by atoms with Gasteiger partial charge in [0.05, 0.1) is 17.5 Å². The van der Waals surface area contributed by atoms with E-state index < -0.39 is 9.84 Å². The molecule has 1 aromatic carbocycles. The van der Waals surface area contributed by atoms with Crippen LogP contribution in [0.5, 0.6) is 0 Å². The van der Waals surface area contributed by atoms with Gasteiger partial charge in [-0.15, -0.1) is 0 Å². The Hall–Kier alpha value is -2.16. The first-order chi connectivity index (χ1) is 12.8. The van der Waals surface area contributed by atoms with Crippen molar-refractivity contribution in [2.45, 2.75) is 18.9 Å². The molecular weight excluding hydrogens is 373 g/mol. The van der Waals surface area contributed by atoms with Gasteiger partial charge in [0.15, 0.2) is 0 Å². The van der Waals surface area contributed by atoms with Gasteiger partial charge in [-0.1, -0.05) is 12.1 Å². The van der Waals surface area contributed by atoms with Crippen molar-refractivity contribution in [1.82, 2.24) is 15.1 Å². The average Bonchev–Trinajstić information content (AvgIpc) is 2.67. The molecule has 1 aromatic rings. The van der Waals surface area contributed by atoms with Crippen molar-refractivity contribution in [3.63, 3.8) is 0 Å². The lowest BCUT2D eigenvalue weighted by Crippen LogP contribution is -2.55. The van der Waals surface area contributed by atoms with E-state index in [9.17, 15) is 22.4 Å². The van der Waals surface area contributed by atoms with Gasteiger partial charge >= 0.3 is 6.03 Å². The molecule has 2 saturated heterocycles. The Bertz CT molecular complexity index is 798. The highest BCUT2D eigenvalue weighted by molar-refractivity contribution is 7.91. The van der Waals surface area contributed by atoms with E-state index >= 15 is 0 Å². The Morgan fingerprint density at radius 2 is 1.74 bits per heavy atom. The van der Waals surface area contributed by atoms with Gasteiger partial charge in [0.1, 0.15) is 15.7 Å². The molecule has 7 nitrogen and oxygen atoms in total. The first kappa shape index (κ1) is 19.6. The first-order valence-corrected chi connectivity index (χ1v) is 10.9. The van der Waals surface area contributed by atoms with Crippen LogP contribution in [-0.4, -0.2) is 68.3 Å². The zero-order valence-corrected chi connectivity index (χ0v) is 16.0. The molecule has 1 atom stereocenters. The second-order valence-electron chi connectivity index (χ2n) is 7.03. The number of benzene rings is 1. The van der Waals surface area contributed by atoms with Crippen LogP contribution >= 0.6 is 0 Å².